The summed E-state index contributed by atoms with van der Waals surface area (Å²) in [6.45, 7) is 0. The van der Waals surface area contributed by atoms with Crippen LogP contribution in [0.4, 0.5) is 0 Å². The van der Waals surface area contributed by atoms with Crippen LogP contribution in [-0.2, 0) is 12.8 Å². The first-order chi connectivity index (χ1) is 12.2. The Bertz CT molecular complexity index is 1020. The smallest absolute Gasteiger partial charge is 0.261 e. The molecule has 2 saturated carbocycles. The van der Waals surface area contributed by atoms with Gasteiger partial charge in [-0.3, -0.25) is 9.36 Å². The third-order valence-electron chi connectivity index (χ3n) is 4.95. The number of thioether (sulfide) groups is 1. The van der Waals surface area contributed by atoms with Gasteiger partial charge in [-0.25, -0.2) is 4.98 Å². The fraction of sp³-hybridized carbons (Fsp3) is 0.444. The predicted octanol–water partition coefficient (Wildman–Crippen LogP) is 3.03. The van der Waals surface area contributed by atoms with Crippen LogP contribution in [0.25, 0.3) is 10.9 Å². The first kappa shape index (κ1) is 15.1. The maximum Gasteiger partial charge on any atom is 0.261 e. The van der Waals surface area contributed by atoms with E-state index in [9.17, 15) is 4.79 Å². The lowest BCUT2D eigenvalue weighted by Gasteiger charge is -2.10. The molecule has 2 aromatic heterocycles. The molecule has 0 radical (unpaired) electrons. The largest absolute Gasteiger partial charge is 0.303 e. The maximum absolute atomic E-state index is 12.5. The lowest BCUT2D eigenvalue weighted by atomic mass is 10.2. The fourth-order valence-corrected chi connectivity index (χ4v) is 4.20. The van der Waals surface area contributed by atoms with Crippen LogP contribution in [0.2, 0.25) is 0 Å². The van der Waals surface area contributed by atoms with Crippen molar-refractivity contribution in [1.82, 2.24) is 24.3 Å². The van der Waals surface area contributed by atoms with Crippen LogP contribution in [0.3, 0.4) is 0 Å². The summed E-state index contributed by atoms with van der Waals surface area (Å²) in [4.78, 5) is 17.2. The molecule has 2 aliphatic carbocycles. The minimum absolute atomic E-state index is 0.00327. The standard InChI is InChI=1S/C18H19N5OS/c1-22-15(19-14-5-3-2-4-13(14)17(22)24)10-25-18-21-20-16(11-6-7-11)23(18)12-8-9-12/h2-5,11-12H,6-10H2,1H3. The van der Waals surface area contributed by atoms with E-state index in [1.54, 1.807) is 23.4 Å². The van der Waals surface area contributed by atoms with E-state index in [0.29, 0.717) is 23.1 Å². The molecule has 0 amide bonds. The minimum Gasteiger partial charge on any atom is -0.303 e. The van der Waals surface area contributed by atoms with Crippen molar-refractivity contribution >= 4 is 22.7 Å². The van der Waals surface area contributed by atoms with Crippen LogP contribution >= 0.6 is 11.8 Å². The highest BCUT2D eigenvalue weighted by molar-refractivity contribution is 7.98. The van der Waals surface area contributed by atoms with Gasteiger partial charge in [0, 0.05) is 19.0 Å². The van der Waals surface area contributed by atoms with Gasteiger partial charge in [-0.15, -0.1) is 10.2 Å². The molecule has 5 rings (SSSR count). The number of para-hydroxylation sites is 1. The normalized spacial score (nSPS) is 17.3. The summed E-state index contributed by atoms with van der Waals surface area (Å²) in [7, 11) is 1.79. The Morgan fingerprint density at radius 2 is 1.96 bits per heavy atom. The Labute approximate surface area is 149 Å². The Hall–Kier alpha value is -2.15. The fourth-order valence-electron chi connectivity index (χ4n) is 3.20. The Morgan fingerprint density at radius 1 is 1.16 bits per heavy atom. The molecule has 0 bridgehead atoms. The van der Waals surface area contributed by atoms with Crippen molar-refractivity contribution in [2.45, 2.75) is 48.6 Å². The molecule has 3 aromatic rings. The van der Waals surface area contributed by atoms with E-state index in [1.165, 1.54) is 25.7 Å². The van der Waals surface area contributed by atoms with Gasteiger partial charge in [0.1, 0.15) is 11.6 Å². The van der Waals surface area contributed by atoms with Gasteiger partial charge < -0.3 is 4.57 Å². The molecule has 25 heavy (non-hydrogen) atoms. The van der Waals surface area contributed by atoms with Crippen LogP contribution in [-0.4, -0.2) is 24.3 Å². The molecule has 0 unspecified atom stereocenters. The highest BCUT2D eigenvalue weighted by Gasteiger charge is 2.36. The van der Waals surface area contributed by atoms with Crippen molar-refractivity contribution in [2.24, 2.45) is 7.05 Å². The zero-order valence-corrected chi connectivity index (χ0v) is 14.9. The summed E-state index contributed by atoms with van der Waals surface area (Å²) in [6.07, 6.45) is 4.91. The molecular weight excluding hydrogens is 334 g/mol. The van der Waals surface area contributed by atoms with E-state index in [-0.39, 0.29) is 5.56 Å². The molecule has 2 aliphatic rings. The average Bonchev–Trinajstić information content (AvgIpc) is 3.55. The highest BCUT2D eigenvalue weighted by Crippen LogP contribution is 2.46. The topological polar surface area (TPSA) is 65.6 Å². The van der Waals surface area contributed by atoms with Gasteiger partial charge in [-0.2, -0.15) is 0 Å². The molecule has 2 heterocycles. The second-order valence-electron chi connectivity index (χ2n) is 6.91. The lowest BCUT2D eigenvalue weighted by molar-refractivity contribution is 0.626. The predicted molar refractivity (Wildman–Crippen MR) is 96.8 cm³/mol. The number of hydrogen-bond acceptors (Lipinski definition) is 5. The molecule has 7 heteroatoms. The van der Waals surface area contributed by atoms with E-state index in [2.05, 4.69) is 19.7 Å². The van der Waals surface area contributed by atoms with E-state index < -0.39 is 0 Å². The Morgan fingerprint density at radius 3 is 2.72 bits per heavy atom. The number of nitrogens with zero attached hydrogens (tertiary/aromatic N) is 5. The molecule has 0 N–H and O–H groups in total. The van der Waals surface area contributed by atoms with E-state index >= 15 is 0 Å². The van der Waals surface area contributed by atoms with Gasteiger partial charge in [-0.05, 0) is 37.8 Å². The van der Waals surface area contributed by atoms with Crippen LogP contribution < -0.4 is 5.56 Å². The van der Waals surface area contributed by atoms with Gasteiger partial charge in [0.05, 0.1) is 16.7 Å². The Balaban J connectivity index is 1.46. The molecule has 0 saturated heterocycles. The monoisotopic (exact) mass is 353 g/mol. The van der Waals surface area contributed by atoms with E-state index in [1.807, 2.05) is 24.3 Å². The van der Waals surface area contributed by atoms with Crippen LogP contribution in [0.5, 0.6) is 0 Å². The number of fused-ring (bicyclic) bond motifs is 1. The minimum atomic E-state index is 0.00327. The average molecular weight is 353 g/mol. The first-order valence-electron chi connectivity index (χ1n) is 8.74. The van der Waals surface area contributed by atoms with Crippen molar-refractivity contribution in [3.8, 4) is 0 Å². The van der Waals surface area contributed by atoms with Gasteiger partial charge in [-0.1, -0.05) is 23.9 Å². The van der Waals surface area contributed by atoms with Crippen molar-refractivity contribution in [3.05, 3.63) is 46.3 Å². The highest BCUT2D eigenvalue weighted by atomic mass is 32.2. The van der Waals surface area contributed by atoms with Crippen molar-refractivity contribution in [1.29, 1.82) is 0 Å². The molecule has 2 fully saturated rings. The molecule has 6 nitrogen and oxygen atoms in total. The SMILES string of the molecule is Cn1c(CSc2nnc(C3CC3)n2C2CC2)nc2ccccc2c1=O. The third-order valence-corrected chi connectivity index (χ3v) is 5.89. The van der Waals surface area contributed by atoms with Crippen molar-refractivity contribution in [3.63, 3.8) is 0 Å². The summed E-state index contributed by atoms with van der Waals surface area (Å²) >= 11 is 1.63. The lowest BCUT2D eigenvalue weighted by Crippen LogP contribution is -2.22. The summed E-state index contributed by atoms with van der Waals surface area (Å²) < 4.78 is 3.98. The Kier molecular flexibility index (Phi) is 3.45. The molecule has 0 atom stereocenters. The molecule has 1 aromatic carbocycles. The van der Waals surface area contributed by atoms with Crippen molar-refractivity contribution in [2.75, 3.05) is 0 Å². The second-order valence-corrected chi connectivity index (χ2v) is 7.86. The molecule has 128 valence electrons. The molecule has 0 spiro atoms. The van der Waals surface area contributed by atoms with Crippen LogP contribution in [0.1, 0.15) is 49.3 Å². The zero-order valence-electron chi connectivity index (χ0n) is 14.1. The number of benzene rings is 1. The van der Waals surface area contributed by atoms with Crippen molar-refractivity contribution < 1.29 is 0 Å². The van der Waals surface area contributed by atoms with E-state index in [0.717, 1.165) is 22.3 Å². The number of aromatic nitrogens is 5. The van der Waals surface area contributed by atoms with Crippen LogP contribution in [0, 0.1) is 0 Å². The number of hydrogen-bond donors (Lipinski definition) is 0. The number of rotatable bonds is 5. The quantitative estimate of drug-likeness (QED) is 0.660. The van der Waals surface area contributed by atoms with Gasteiger partial charge in [0.15, 0.2) is 5.16 Å². The first-order valence-corrected chi connectivity index (χ1v) is 9.73. The third kappa shape index (κ3) is 2.66. The summed E-state index contributed by atoms with van der Waals surface area (Å²) in [5.74, 6) is 3.15. The summed E-state index contributed by atoms with van der Waals surface area (Å²) in [5, 5.41) is 10.5. The summed E-state index contributed by atoms with van der Waals surface area (Å²) in [5.41, 5.74) is 0.757. The molecule has 0 aliphatic heterocycles. The van der Waals surface area contributed by atoms with Gasteiger partial charge in [0.2, 0.25) is 0 Å². The second kappa shape index (κ2) is 5.69. The zero-order chi connectivity index (χ0) is 17.0. The van der Waals surface area contributed by atoms with E-state index in [4.69, 9.17) is 0 Å². The molecular formula is C18H19N5OS. The summed E-state index contributed by atoms with van der Waals surface area (Å²) in [6, 6.07) is 8.08. The van der Waals surface area contributed by atoms with Crippen LogP contribution in [0.15, 0.2) is 34.2 Å². The van der Waals surface area contributed by atoms with Gasteiger partial charge in [0.25, 0.3) is 5.56 Å². The maximum atomic E-state index is 12.5. The van der Waals surface area contributed by atoms with Gasteiger partial charge >= 0.3 is 0 Å².